The molecule has 1 fully saturated rings. The van der Waals surface area contributed by atoms with E-state index in [4.69, 9.17) is 9.26 Å². The van der Waals surface area contributed by atoms with E-state index in [2.05, 4.69) is 22.4 Å². The number of benzene rings is 1. The summed E-state index contributed by atoms with van der Waals surface area (Å²) >= 11 is 0. The largest absolute Gasteiger partial charge is 0.494 e. The van der Waals surface area contributed by atoms with Gasteiger partial charge in [0.15, 0.2) is 28.7 Å². The van der Waals surface area contributed by atoms with Gasteiger partial charge in [-0.2, -0.15) is 0 Å². The first-order valence-corrected chi connectivity index (χ1v) is 8.52. The van der Waals surface area contributed by atoms with E-state index in [1.54, 1.807) is 0 Å². The number of hydrogen-bond donors (Lipinski definition) is 2. The number of rotatable bonds is 6. The third-order valence-corrected chi connectivity index (χ3v) is 4.75. The quantitative estimate of drug-likeness (QED) is 0.815. The Bertz CT molecular complexity index is 793. The van der Waals surface area contributed by atoms with Gasteiger partial charge in [0.25, 0.3) is 0 Å². The summed E-state index contributed by atoms with van der Waals surface area (Å²) in [6, 6.07) is 4.34. The fourth-order valence-corrected chi connectivity index (χ4v) is 3.22. The van der Waals surface area contributed by atoms with Gasteiger partial charge in [-0.1, -0.05) is 11.6 Å². The summed E-state index contributed by atoms with van der Waals surface area (Å²) in [4.78, 5) is 14.0. The molecule has 0 aliphatic carbocycles. The normalized spacial score (nSPS) is 17.9. The first kappa shape index (κ1) is 18.2. The minimum absolute atomic E-state index is 0.00794. The van der Waals surface area contributed by atoms with Crippen molar-refractivity contribution in [3.8, 4) is 17.1 Å². The van der Waals surface area contributed by atoms with Crippen LogP contribution in [0.15, 0.2) is 22.7 Å². The van der Waals surface area contributed by atoms with E-state index >= 15 is 0 Å². The lowest BCUT2D eigenvalue weighted by Crippen LogP contribution is -2.40. The van der Waals surface area contributed by atoms with Crippen LogP contribution in [0.25, 0.3) is 11.3 Å². The zero-order chi connectivity index (χ0) is 18.7. The second-order valence-corrected chi connectivity index (χ2v) is 6.40. The number of likely N-dealkylation sites (tertiary alicyclic amines) is 1. The summed E-state index contributed by atoms with van der Waals surface area (Å²) in [5, 5.41) is 16.6. The van der Waals surface area contributed by atoms with Crippen molar-refractivity contribution in [3.63, 3.8) is 0 Å². The maximum Gasteiger partial charge on any atom is 0.343 e. The molecule has 1 saturated heterocycles. The van der Waals surface area contributed by atoms with Gasteiger partial charge < -0.3 is 24.6 Å². The number of aromatic carboxylic acids is 1. The number of methoxy groups -OCH3 is 1. The predicted molar refractivity (Wildman–Crippen MR) is 94.2 cm³/mol. The number of carboxylic acids is 1. The monoisotopic (exact) mass is 363 g/mol. The van der Waals surface area contributed by atoms with Gasteiger partial charge in [-0.15, -0.1) is 0 Å². The molecular formula is C18H22FN3O4. The molecule has 0 spiro atoms. The maximum atomic E-state index is 13.6. The molecular weight excluding hydrogens is 341 g/mol. The first-order chi connectivity index (χ1) is 12.5. The highest BCUT2D eigenvalue weighted by Gasteiger charge is 2.26. The molecule has 1 aromatic carbocycles. The Labute approximate surface area is 150 Å². The van der Waals surface area contributed by atoms with Gasteiger partial charge >= 0.3 is 5.97 Å². The van der Waals surface area contributed by atoms with Crippen LogP contribution in [0, 0.1) is 5.82 Å². The number of carboxylic acid groups (broad SMARTS) is 1. The van der Waals surface area contributed by atoms with E-state index in [0.29, 0.717) is 18.2 Å². The Morgan fingerprint density at radius 3 is 3.00 bits per heavy atom. The summed E-state index contributed by atoms with van der Waals surface area (Å²) in [7, 11) is 3.40. The minimum Gasteiger partial charge on any atom is -0.494 e. The maximum absolute atomic E-state index is 13.6. The molecule has 0 bridgehead atoms. The summed E-state index contributed by atoms with van der Waals surface area (Å²) in [6.45, 7) is 1.60. The van der Waals surface area contributed by atoms with Gasteiger partial charge in [-0.05, 0) is 44.6 Å². The summed E-state index contributed by atoms with van der Waals surface area (Å²) < 4.78 is 23.8. The van der Waals surface area contributed by atoms with Gasteiger partial charge in [0.05, 0.1) is 7.11 Å². The van der Waals surface area contributed by atoms with Crippen LogP contribution in [-0.4, -0.2) is 54.4 Å². The van der Waals surface area contributed by atoms with E-state index in [1.807, 2.05) is 0 Å². The van der Waals surface area contributed by atoms with Crippen LogP contribution in [0.4, 0.5) is 10.2 Å². The third kappa shape index (κ3) is 3.65. The summed E-state index contributed by atoms with van der Waals surface area (Å²) in [6.07, 6.45) is 3.38. The average Bonchev–Trinajstić information content (AvgIpc) is 3.05. The number of anilines is 1. The van der Waals surface area contributed by atoms with Crippen molar-refractivity contribution < 1.29 is 23.6 Å². The van der Waals surface area contributed by atoms with Crippen LogP contribution in [0.1, 0.15) is 29.6 Å². The number of likely N-dealkylation sites (N-methyl/N-ethyl adjacent to an activating group) is 1. The molecule has 3 rings (SSSR count). The molecule has 0 amide bonds. The number of nitrogens with one attached hydrogen (secondary N) is 1. The Balaban J connectivity index is 1.85. The Morgan fingerprint density at radius 1 is 1.50 bits per heavy atom. The van der Waals surface area contributed by atoms with Crippen LogP contribution >= 0.6 is 0 Å². The lowest BCUT2D eigenvalue weighted by molar-refractivity contribution is 0.0698. The number of piperidine rings is 1. The Morgan fingerprint density at radius 2 is 2.31 bits per heavy atom. The molecule has 0 saturated carbocycles. The van der Waals surface area contributed by atoms with Crippen molar-refractivity contribution in [2.24, 2.45) is 0 Å². The summed E-state index contributed by atoms with van der Waals surface area (Å²) in [5.74, 6) is -1.45. The van der Waals surface area contributed by atoms with Crippen molar-refractivity contribution in [3.05, 3.63) is 29.6 Å². The molecule has 1 atom stereocenters. The van der Waals surface area contributed by atoms with Gasteiger partial charge in [0.2, 0.25) is 0 Å². The molecule has 0 radical (unpaired) electrons. The fraction of sp³-hybridized carbons (Fsp3) is 0.444. The van der Waals surface area contributed by atoms with Gasteiger partial charge in [0.1, 0.15) is 0 Å². The van der Waals surface area contributed by atoms with Crippen LogP contribution < -0.4 is 10.1 Å². The van der Waals surface area contributed by atoms with Crippen molar-refractivity contribution in [2.75, 3.05) is 32.6 Å². The van der Waals surface area contributed by atoms with Gasteiger partial charge in [0, 0.05) is 18.2 Å². The molecule has 1 aliphatic heterocycles. The zero-order valence-corrected chi connectivity index (χ0v) is 14.8. The third-order valence-electron chi connectivity index (χ3n) is 4.75. The van der Waals surface area contributed by atoms with Crippen LogP contribution in [-0.2, 0) is 0 Å². The number of halogens is 1. The summed E-state index contributed by atoms with van der Waals surface area (Å²) in [5.41, 5.74) is 0.313. The van der Waals surface area contributed by atoms with Crippen LogP contribution in [0.2, 0.25) is 0 Å². The van der Waals surface area contributed by atoms with Gasteiger partial charge in [-0.25, -0.2) is 9.18 Å². The highest BCUT2D eigenvalue weighted by Crippen LogP contribution is 2.32. The van der Waals surface area contributed by atoms with Crippen molar-refractivity contribution in [1.82, 2.24) is 10.1 Å². The van der Waals surface area contributed by atoms with Crippen molar-refractivity contribution in [2.45, 2.75) is 25.3 Å². The lowest BCUT2D eigenvalue weighted by Gasteiger charge is -2.32. The number of carbonyl (C=O) groups is 1. The first-order valence-electron chi connectivity index (χ1n) is 8.52. The topological polar surface area (TPSA) is 87.8 Å². The standard InChI is InChI=1S/C18H22FN3O4/c1-22-8-4-3-5-12(22)10-20-17-15(18(23)24)16(26-21-17)11-6-7-13(19)14(9-11)25-2/h6-7,9,12H,3-5,8,10H2,1-2H3,(H,20,21)(H,23,24). The smallest absolute Gasteiger partial charge is 0.343 e. The average molecular weight is 363 g/mol. The highest BCUT2D eigenvalue weighted by molar-refractivity contribution is 5.99. The Hall–Kier alpha value is -2.61. The van der Waals surface area contributed by atoms with E-state index < -0.39 is 11.8 Å². The molecule has 7 nitrogen and oxygen atoms in total. The fourth-order valence-electron chi connectivity index (χ4n) is 3.22. The van der Waals surface area contributed by atoms with E-state index in [1.165, 1.54) is 31.7 Å². The number of aromatic nitrogens is 1. The van der Waals surface area contributed by atoms with Crippen LogP contribution in [0.5, 0.6) is 5.75 Å². The molecule has 2 heterocycles. The molecule has 8 heteroatoms. The van der Waals surface area contributed by atoms with Crippen molar-refractivity contribution in [1.29, 1.82) is 0 Å². The second kappa shape index (κ2) is 7.74. The molecule has 2 aromatic rings. The highest BCUT2D eigenvalue weighted by atomic mass is 19.1. The van der Waals surface area contributed by atoms with E-state index in [-0.39, 0.29) is 22.9 Å². The number of hydrogen-bond acceptors (Lipinski definition) is 6. The SMILES string of the molecule is COc1cc(-c2onc(NCC3CCCCN3C)c2C(=O)O)ccc1F. The molecule has 26 heavy (non-hydrogen) atoms. The predicted octanol–water partition coefficient (Wildman–Crippen LogP) is 3.08. The zero-order valence-electron chi connectivity index (χ0n) is 14.8. The molecule has 140 valence electrons. The number of nitrogens with zero attached hydrogens (tertiary/aromatic N) is 2. The number of ether oxygens (including phenoxy) is 1. The second-order valence-electron chi connectivity index (χ2n) is 6.40. The Kier molecular flexibility index (Phi) is 5.41. The molecule has 1 aliphatic rings. The van der Waals surface area contributed by atoms with Crippen LogP contribution in [0.3, 0.4) is 0 Å². The minimum atomic E-state index is -1.16. The van der Waals surface area contributed by atoms with E-state index in [0.717, 1.165) is 19.4 Å². The molecule has 2 N–H and O–H groups in total. The van der Waals surface area contributed by atoms with E-state index in [9.17, 15) is 14.3 Å². The molecule has 1 aromatic heterocycles. The van der Waals surface area contributed by atoms with Crippen molar-refractivity contribution >= 4 is 11.8 Å². The molecule has 1 unspecified atom stereocenters. The van der Waals surface area contributed by atoms with Gasteiger partial charge in [-0.3, -0.25) is 0 Å². The lowest BCUT2D eigenvalue weighted by atomic mass is 10.0.